The van der Waals surface area contributed by atoms with Crippen LogP contribution in [0.3, 0.4) is 0 Å². The van der Waals surface area contributed by atoms with Crippen LogP contribution < -0.4 is 4.72 Å². The quantitative estimate of drug-likeness (QED) is 0.546. The summed E-state index contributed by atoms with van der Waals surface area (Å²) in [6.45, 7) is 2.14. The van der Waals surface area contributed by atoms with Crippen molar-refractivity contribution in [2.75, 3.05) is 11.0 Å². The summed E-state index contributed by atoms with van der Waals surface area (Å²) in [5, 5.41) is 0. The molecule has 26 heavy (non-hydrogen) atoms. The van der Waals surface area contributed by atoms with Gasteiger partial charge in [0.25, 0.3) is 0 Å². The molecule has 0 saturated carbocycles. The van der Waals surface area contributed by atoms with Gasteiger partial charge in [-0.05, 0) is 70.9 Å². The molecule has 130 valence electrons. The minimum Gasteiger partial charge on any atom is -0.330 e. The summed E-state index contributed by atoms with van der Waals surface area (Å²) in [6.07, 6.45) is 6.59. The first-order valence-corrected chi connectivity index (χ1v) is 10.3. The van der Waals surface area contributed by atoms with Gasteiger partial charge in [-0.25, -0.2) is 0 Å². The second kappa shape index (κ2) is 7.43. The van der Waals surface area contributed by atoms with E-state index in [1.807, 2.05) is 0 Å². The molecule has 0 atom stereocenters. The summed E-state index contributed by atoms with van der Waals surface area (Å²) in [5.41, 5.74) is 10.6. The van der Waals surface area contributed by atoms with Crippen molar-refractivity contribution in [3.8, 4) is 0 Å². The van der Waals surface area contributed by atoms with Gasteiger partial charge in [0.05, 0.1) is 0 Å². The van der Waals surface area contributed by atoms with Crippen molar-refractivity contribution in [3.05, 3.63) is 100 Å². The summed E-state index contributed by atoms with van der Waals surface area (Å²) < 4.78 is 3.39. The van der Waals surface area contributed by atoms with Crippen molar-refractivity contribution in [3.63, 3.8) is 0 Å². The third-order valence-electron chi connectivity index (χ3n) is 5.06. The van der Waals surface area contributed by atoms with Crippen molar-refractivity contribution in [1.82, 2.24) is 0 Å². The number of anilines is 1. The van der Waals surface area contributed by atoms with Crippen LogP contribution in [0.2, 0.25) is 0 Å². The first-order valence-electron chi connectivity index (χ1n) is 9.04. The second-order valence-electron chi connectivity index (χ2n) is 6.75. The molecule has 2 heteroatoms. The van der Waals surface area contributed by atoms with Crippen LogP contribution in [0, 0.1) is 6.92 Å². The zero-order chi connectivity index (χ0) is 17.9. The maximum atomic E-state index is 3.39. The van der Waals surface area contributed by atoms with Gasteiger partial charge in [0, 0.05) is 11.9 Å². The number of hydrogen-bond acceptors (Lipinski definition) is 2. The first kappa shape index (κ1) is 17.0. The van der Waals surface area contributed by atoms with Gasteiger partial charge in [0.1, 0.15) is 0 Å². The summed E-state index contributed by atoms with van der Waals surface area (Å²) in [6, 6.07) is 24.3. The average Bonchev–Trinajstić information content (AvgIpc) is 2.82. The lowest BCUT2D eigenvalue weighted by atomic mass is 9.92. The Morgan fingerprint density at radius 3 is 2.08 bits per heavy atom. The lowest BCUT2D eigenvalue weighted by molar-refractivity contribution is 0.965. The van der Waals surface area contributed by atoms with Gasteiger partial charge >= 0.3 is 0 Å². The minimum absolute atomic E-state index is 1.09. The first-order chi connectivity index (χ1) is 12.8. The molecule has 0 spiro atoms. The molecule has 4 rings (SSSR count). The van der Waals surface area contributed by atoms with E-state index in [2.05, 4.69) is 90.7 Å². The van der Waals surface area contributed by atoms with Gasteiger partial charge in [-0.3, -0.25) is 0 Å². The molecule has 1 N–H and O–H groups in total. The molecule has 0 bridgehead atoms. The highest BCUT2D eigenvalue weighted by Crippen LogP contribution is 2.35. The fraction of sp³-hybridized carbons (Fsp3) is 0.167. The Bertz CT molecular complexity index is 922. The molecule has 0 amide bonds. The van der Waals surface area contributed by atoms with E-state index in [0.29, 0.717) is 0 Å². The largest absolute Gasteiger partial charge is 0.330 e. The topological polar surface area (TPSA) is 12.0 Å². The Kier molecular flexibility index (Phi) is 4.85. The molecular weight excluding hydrogens is 334 g/mol. The van der Waals surface area contributed by atoms with Gasteiger partial charge in [0.2, 0.25) is 0 Å². The monoisotopic (exact) mass is 357 g/mol. The van der Waals surface area contributed by atoms with E-state index in [-0.39, 0.29) is 0 Å². The summed E-state index contributed by atoms with van der Waals surface area (Å²) in [4.78, 5) is 0. The molecule has 0 aliphatic heterocycles. The van der Waals surface area contributed by atoms with Gasteiger partial charge in [0.15, 0.2) is 0 Å². The standard InChI is InChI=1S/C24H23NS/c1-17-11-12-18(16-24(17)25-26-2)15-23-21-9-5-3-7-19(21)13-14-20-8-4-6-10-22(20)23/h3-12,15-16,25H,13-14H2,1-2H3. The van der Waals surface area contributed by atoms with Crippen LogP contribution in [-0.4, -0.2) is 6.26 Å². The van der Waals surface area contributed by atoms with Crippen LogP contribution in [0.5, 0.6) is 0 Å². The number of aryl methyl sites for hydroxylation is 3. The van der Waals surface area contributed by atoms with E-state index in [1.165, 1.54) is 44.6 Å². The number of benzene rings is 3. The third-order valence-corrected chi connectivity index (χ3v) is 5.49. The smallest absolute Gasteiger partial charge is 0.0475 e. The predicted octanol–water partition coefficient (Wildman–Crippen LogP) is 6.37. The Balaban J connectivity index is 1.90. The zero-order valence-corrected chi connectivity index (χ0v) is 16.1. The Labute approximate surface area is 160 Å². The van der Waals surface area contributed by atoms with Crippen LogP contribution in [0.4, 0.5) is 5.69 Å². The molecule has 3 aromatic carbocycles. The normalized spacial score (nSPS) is 12.8. The summed E-state index contributed by atoms with van der Waals surface area (Å²) >= 11 is 1.63. The van der Waals surface area contributed by atoms with Crippen LogP contribution in [0.15, 0.2) is 66.7 Å². The average molecular weight is 358 g/mol. The Morgan fingerprint density at radius 2 is 1.46 bits per heavy atom. The molecule has 0 radical (unpaired) electrons. The molecule has 1 aliphatic rings. The van der Waals surface area contributed by atoms with Gasteiger partial charge in [-0.15, -0.1) is 0 Å². The van der Waals surface area contributed by atoms with Crippen molar-refractivity contribution < 1.29 is 0 Å². The Hall–Kier alpha value is -2.45. The molecule has 0 saturated heterocycles. The molecule has 0 heterocycles. The zero-order valence-electron chi connectivity index (χ0n) is 15.3. The lowest BCUT2D eigenvalue weighted by Gasteiger charge is -2.13. The van der Waals surface area contributed by atoms with Gasteiger partial charge in [-0.2, -0.15) is 0 Å². The van der Waals surface area contributed by atoms with Crippen molar-refractivity contribution >= 4 is 29.3 Å². The van der Waals surface area contributed by atoms with Crippen LogP contribution in [0.1, 0.15) is 33.4 Å². The van der Waals surface area contributed by atoms with Crippen LogP contribution in [-0.2, 0) is 12.8 Å². The van der Waals surface area contributed by atoms with Crippen molar-refractivity contribution in [2.45, 2.75) is 19.8 Å². The number of nitrogens with one attached hydrogen (secondary N) is 1. The molecular formula is C24H23NS. The highest BCUT2D eigenvalue weighted by molar-refractivity contribution is 7.99. The second-order valence-corrected chi connectivity index (χ2v) is 7.37. The van der Waals surface area contributed by atoms with Crippen LogP contribution >= 0.6 is 11.9 Å². The lowest BCUT2D eigenvalue weighted by Crippen LogP contribution is -1.93. The number of rotatable bonds is 3. The SMILES string of the molecule is CSNc1cc(C=C2c3ccccc3CCc3ccccc32)ccc1C. The van der Waals surface area contributed by atoms with E-state index in [1.54, 1.807) is 11.9 Å². The molecule has 0 aromatic heterocycles. The van der Waals surface area contributed by atoms with Crippen molar-refractivity contribution in [2.24, 2.45) is 0 Å². The molecule has 0 unspecified atom stereocenters. The van der Waals surface area contributed by atoms with E-state index < -0.39 is 0 Å². The summed E-state index contributed by atoms with van der Waals surface area (Å²) in [7, 11) is 0. The van der Waals surface area contributed by atoms with E-state index in [4.69, 9.17) is 0 Å². The molecule has 1 nitrogen and oxygen atoms in total. The molecule has 1 aliphatic carbocycles. The van der Waals surface area contributed by atoms with E-state index >= 15 is 0 Å². The maximum absolute atomic E-state index is 3.39. The summed E-state index contributed by atoms with van der Waals surface area (Å²) in [5.74, 6) is 0. The van der Waals surface area contributed by atoms with E-state index in [9.17, 15) is 0 Å². The number of fused-ring (bicyclic) bond motifs is 2. The molecule has 0 fully saturated rings. The maximum Gasteiger partial charge on any atom is 0.0475 e. The fourth-order valence-electron chi connectivity index (χ4n) is 3.69. The highest BCUT2D eigenvalue weighted by atomic mass is 32.2. The van der Waals surface area contributed by atoms with Gasteiger partial charge in [-0.1, -0.05) is 72.6 Å². The number of hydrogen-bond donors (Lipinski definition) is 1. The Morgan fingerprint density at radius 1 is 0.846 bits per heavy atom. The van der Waals surface area contributed by atoms with Crippen LogP contribution in [0.25, 0.3) is 11.6 Å². The van der Waals surface area contributed by atoms with Crippen molar-refractivity contribution in [1.29, 1.82) is 0 Å². The highest BCUT2D eigenvalue weighted by Gasteiger charge is 2.17. The third kappa shape index (κ3) is 3.30. The predicted molar refractivity (Wildman–Crippen MR) is 116 cm³/mol. The molecule has 3 aromatic rings. The van der Waals surface area contributed by atoms with Gasteiger partial charge < -0.3 is 4.72 Å². The minimum atomic E-state index is 1.09. The van der Waals surface area contributed by atoms with E-state index in [0.717, 1.165) is 12.8 Å². The fourth-order valence-corrected chi connectivity index (χ4v) is 4.13.